The Morgan fingerprint density at radius 3 is 2.45 bits per heavy atom. The number of para-hydroxylation sites is 1. The minimum absolute atomic E-state index is 0. The number of hydrogen-bond donors (Lipinski definition) is 3. The summed E-state index contributed by atoms with van der Waals surface area (Å²) in [6.45, 7) is 0. The zero-order valence-electron chi connectivity index (χ0n) is 5.94. The summed E-state index contributed by atoms with van der Waals surface area (Å²) >= 11 is 0. The van der Waals surface area contributed by atoms with Gasteiger partial charge in [0.15, 0.2) is 0 Å². The fraction of sp³-hybridized carbons (Fsp3) is 0. The maximum Gasteiger partial charge on any atom is 0.124 e. The summed E-state index contributed by atoms with van der Waals surface area (Å²) in [4.78, 5) is 0. The molecule has 0 heterocycles. The van der Waals surface area contributed by atoms with E-state index in [0.29, 0.717) is 5.56 Å². The van der Waals surface area contributed by atoms with E-state index >= 15 is 0 Å². The second-order valence-corrected chi connectivity index (χ2v) is 1.80. The Bertz CT molecular complexity index is 248. The third kappa shape index (κ3) is 2.27. The van der Waals surface area contributed by atoms with Crippen LogP contribution in [0.2, 0.25) is 0 Å². The average molecular weight is 154 g/mol. The van der Waals surface area contributed by atoms with Gasteiger partial charge in [0, 0.05) is 5.56 Å². The SMILES string of the molecule is N.ON=Cc1ccccc1O. The molecule has 0 aliphatic carbocycles. The molecule has 0 aliphatic heterocycles. The van der Waals surface area contributed by atoms with Crippen LogP contribution < -0.4 is 6.15 Å². The van der Waals surface area contributed by atoms with Crippen LogP contribution in [0.4, 0.5) is 0 Å². The van der Waals surface area contributed by atoms with Crippen molar-refractivity contribution >= 4 is 6.21 Å². The summed E-state index contributed by atoms with van der Waals surface area (Å²) in [5, 5.41) is 19.9. The lowest BCUT2D eigenvalue weighted by molar-refractivity contribution is 0.321. The zero-order chi connectivity index (χ0) is 7.40. The van der Waals surface area contributed by atoms with Crippen molar-refractivity contribution in [3.63, 3.8) is 0 Å². The largest absolute Gasteiger partial charge is 0.507 e. The first-order valence-electron chi connectivity index (χ1n) is 2.80. The fourth-order valence-electron chi connectivity index (χ4n) is 0.659. The van der Waals surface area contributed by atoms with Crippen LogP contribution in [0.5, 0.6) is 5.75 Å². The van der Waals surface area contributed by atoms with Crippen molar-refractivity contribution in [1.82, 2.24) is 6.15 Å². The first kappa shape index (κ1) is 9.45. The number of nitrogens with zero attached hydrogens (tertiary/aromatic N) is 1. The first-order valence-corrected chi connectivity index (χ1v) is 2.80. The molecule has 0 bridgehead atoms. The number of rotatable bonds is 1. The van der Waals surface area contributed by atoms with Crippen molar-refractivity contribution in [2.75, 3.05) is 0 Å². The molecule has 0 saturated carbocycles. The van der Waals surface area contributed by atoms with Crippen LogP contribution >= 0.6 is 0 Å². The van der Waals surface area contributed by atoms with Gasteiger partial charge in [0.05, 0.1) is 6.21 Å². The highest BCUT2D eigenvalue weighted by Gasteiger charge is 1.92. The number of benzene rings is 1. The molecule has 4 nitrogen and oxygen atoms in total. The molecule has 4 heteroatoms. The van der Waals surface area contributed by atoms with E-state index in [2.05, 4.69) is 5.16 Å². The number of aromatic hydroxyl groups is 1. The monoisotopic (exact) mass is 154 g/mol. The van der Waals surface area contributed by atoms with Gasteiger partial charge >= 0.3 is 0 Å². The molecule has 1 rings (SSSR count). The zero-order valence-corrected chi connectivity index (χ0v) is 5.94. The molecule has 5 N–H and O–H groups in total. The van der Waals surface area contributed by atoms with E-state index in [1.807, 2.05) is 0 Å². The van der Waals surface area contributed by atoms with Gasteiger partial charge in [0.2, 0.25) is 0 Å². The van der Waals surface area contributed by atoms with Crippen molar-refractivity contribution in [2.45, 2.75) is 0 Å². The van der Waals surface area contributed by atoms with Gasteiger partial charge in [-0.15, -0.1) is 0 Å². The van der Waals surface area contributed by atoms with E-state index < -0.39 is 0 Å². The van der Waals surface area contributed by atoms with Crippen LogP contribution in [-0.4, -0.2) is 16.5 Å². The minimum Gasteiger partial charge on any atom is -0.507 e. The summed E-state index contributed by atoms with van der Waals surface area (Å²) in [5.74, 6) is 0.111. The quantitative estimate of drug-likeness (QED) is 0.324. The molecular formula is C7H10N2O2. The standard InChI is InChI=1S/C7H7NO2.H3N/c9-7-4-2-1-3-6(7)5-8-10;/h1-5,9-10H;1H3. The summed E-state index contributed by atoms with van der Waals surface area (Å²) < 4.78 is 0. The lowest BCUT2D eigenvalue weighted by Crippen LogP contribution is -1.79. The van der Waals surface area contributed by atoms with Gasteiger partial charge < -0.3 is 16.5 Å². The summed E-state index contributed by atoms with van der Waals surface area (Å²) in [5.41, 5.74) is 0.505. The molecule has 1 aromatic rings. The van der Waals surface area contributed by atoms with Crippen LogP contribution in [0.3, 0.4) is 0 Å². The molecule has 1 aromatic carbocycles. The second-order valence-electron chi connectivity index (χ2n) is 1.80. The van der Waals surface area contributed by atoms with Gasteiger partial charge in [-0.2, -0.15) is 0 Å². The highest BCUT2D eigenvalue weighted by molar-refractivity contribution is 5.82. The highest BCUT2D eigenvalue weighted by Crippen LogP contribution is 2.12. The van der Waals surface area contributed by atoms with Gasteiger partial charge in [0.1, 0.15) is 5.75 Å². The van der Waals surface area contributed by atoms with Crippen molar-refractivity contribution < 1.29 is 10.3 Å². The average Bonchev–Trinajstić information content (AvgIpc) is 1.94. The Kier molecular flexibility index (Phi) is 3.69. The number of phenols is 1. The Morgan fingerprint density at radius 1 is 1.27 bits per heavy atom. The molecule has 0 fully saturated rings. The lowest BCUT2D eigenvalue weighted by Gasteiger charge is -1.93. The van der Waals surface area contributed by atoms with Gasteiger partial charge in [-0.25, -0.2) is 0 Å². The van der Waals surface area contributed by atoms with E-state index in [0.717, 1.165) is 0 Å². The van der Waals surface area contributed by atoms with Crippen molar-refractivity contribution in [3.05, 3.63) is 29.8 Å². The van der Waals surface area contributed by atoms with Gasteiger partial charge in [-0.3, -0.25) is 0 Å². The van der Waals surface area contributed by atoms with Crippen LogP contribution in [0, 0.1) is 0 Å². The predicted molar refractivity (Wildman–Crippen MR) is 42.5 cm³/mol. The third-order valence-electron chi connectivity index (χ3n) is 1.13. The highest BCUT2D eigenvalue weighted by atomic mass is 16.4. The van der Waals surface area contributed by atoms with Crippen molar-refractivity contribution in [2.24, 2.45) is 5.16 Å². The molecule has 60 valence electrons. The van der Waals surface area contributed by atoms with Gasteiger partial charge in [-0.05, 0) is 12.1 Å². The van der Waals surface area contributed by atoms with Crippen LogP contribution in [-0.2, 0) is 0 Å². The van der Waals surface area contributed by atoms with E-state index in [4.69, 9.17) is 10.3 Å². The number of hydrogen-bond acceptors (Lipinski definition) is 4. The Hall–Kier alpha value is -1.55. The maximum atomic E-state index is 9.04. The smallest absolute Gasteiger partial charge is 0.124 e. The number of phenolic OH excluding ortho intramolecular Hbond substituents is 1. The predicted octanol–water partition coefficient (Wildman–Crippen LogP) is 1.36. The Balaban J connectivity index is 0.000001000. The first-order chi connectivity index (χ1) is 4.84. The molecule has 0 saturated heterocycles. The summed E-state index contributed by atoms with van der Waals surface area (Å²) in [6, 6.07) is 6.62. The Morgan fingerprint density at radius 2 is 1.91 bits per heavy atom. The van der Waals surface area contributed by atoms with Crippen molar-refractivity contribution in [3.8, 4) is 5.75 Å². The second kappa shape index (κ2) is 4.29. The molecule has 0 amide bonds. The normalized spacial score (nSPS) is 9.45. The Labute approximate surface area is 64.4 Å². The molecule has 0 unspecified atom stereocenters. The minimum atomic E-state index is 0. The molecule has 0 spiro atoms. The van der Waals surface area contributed by atoms with Crippen LogP contribution in [0.15, 0.2) is 29.4 Å². The van der Waals surface area contributed by atoms with Crippen LogP contribution in [0.25, 0.3) is 0 Å². The lowest BCUT2D eigenvalue weighted by atomic mass is 10.2. The molecule has 0 radical (unpaired) electrons. The van der Waals surface area contributed by atoms with Crippen LogP contribution in [0.1, 0.15) is 5.56 Å². The van der Waals surface area contributed by atoms with E-state index in [1.54, 1.807) is 18.2 Å². The summed E-state index contributed by atoms with van der Waals surface area (Å²) in [7, 11) is 0. The fourth-order valence-corrected chi connectivity index (χ4v) is 0.659. The van der Waals surface area contributed by atoms with E-state index in [-0.39, 0.29) is 11.9 Å². The topological polar surface area (TPSA) is 87.8 Å². The van der Waals surface area contributed by atoms with E-state index in [9.17, 15) is 0 Å². The molecule has 0 aliphatic rings. The molecule has 0 aromatic heterocycles. The van der Waals surface area contributed by atoms with Gasteiger partial charge in [-0.1, -0.05) is 17.3 Å². The van der Waals surface area contributed by atoms with Gasteiger partial charge in [0.25, 0.3) is 0 Å². The molecule has 0 atom stereocenters. The third-order valence-corrected chi connectivity index (χ3v) is 1.13. The maximum absolute atomic E-state index is 9.04. The summed E-state index contributed by atoms with van der Waals surface area (Å²) in [6.07, 6.45) is 1.18. The van der Waals surface area contributed by atoms with Crippen molar-refractivity contribution in [1.29, 1.82) is 0 Å². The van der Waals surface area contributed by atoms with E-state index in [1.165, 1.54) is 12.3 Å². The molecule has 11 heavy (non-hydrogen) atoms. The molecular weight excluding hydrogens is 144 g/mol. The number of oxime groups is 1.